The number of benzene rings is 1. The van der Waals surface area contributed by atoms with Crippen LogP contribution >= 0.6 is 27.3 Å². The second-order valence-corrected chi connectivity index (χ2v) is 5.45. The summed E-state index contributed by atoms with van der Waals surface area (Å²) in [5, 5.41) is 13.1. The lowest BCUT2D eigenvalue weighted by molar-refractivity contribution is 0.0691. The van der Waals surface area contributed by atoms with Gasteiger partial charge in [0.05, 0.1) is 16.6 Å². The van der Waals surface area contributed by atoms with Crippen LogP contribution in [0.1, 0.15) is 25.9 Å². The van der Waals surface area contributed by atoms with Gasteiger partial charge in [0, 0.05) is 5.38 Å². The highest BCUT2D eigenvalue weighted by Gasteiger charge is 2.14. The summed E-state index contributed by atoms with van der Waals surface area (Å²) in [7, 11) is 0. The molecular formula is C12H8BrFN2O3S. The third kappa shape index (κ3) is 3.20. The summed E-state index contributed by atoms with van der Waals surface area (Å²) >= 11 is 4.13. The Labute approximate surface area is 125 Å². The predicted octanol–water partition coefficient (Wildman–Crippen LogP) is 2.67. The number of halogens is 2. The largest absolute Gasteiger partial charge is 0.476 e. The van der Waals surface area contributed by atoms with Crippen molar-refractivity contribution in [1.82, 2.24) is 10.3 Å². The number of nitrogens with zero attached hydrogens (tertiary/aromatic N) is 1. The van der Waals surface area contributed by atoms with Crippen LogP contribution in [0, 0.1) is 5.82 Å². The van der Waals surface area contributed by atoms with Crippen LogP contribution in [0.4, 0.5) is 4.39 Å². The molecule has 0 atom stereocenters. The summed E-state index contributed by atoms with van der Waals surface area (Å²) in [6.45, 7) is 0.0831. The predicted molar refractivity (Wildman–Crippen MR) is 74.3 cm³/mol. The van der Waals surface area contributed by atoms with E-state index in [2.05, 4.69) is 26.2 Å². The van der Waals surface area contributed by atoms with E-state index in [0.717, 1.165) is 11.3 Å². The lowest BCUT2D eigenvalue weighted by Gasteiger charge is -2.05. The number of aromatic nitrogens is 1. The monoisotopic (exact) mass is 358 g/mol. The number of amides is 1. The molecule has 0 aliphatic heterocycles. The Balaban J connectivity index is 2.05. The van der Waals surface area contributed by atoms with E-state index in [0.29, 0.717) is 5.01 Å². The molecule has 2 N–H and O–H groups in total. The molecule has 0 aliphatic carbocycles. The van der Waals surface area contributed by atoms with Gasteiger partial charge in [0.1, 0.15) is 10.8 Å². The zero-order valence-corrected chi connectivity index (χ0v) is 12.3. The van der Waals surface area contributed by atoms with Crippen molar-refractivity contribution in [3.63, 3.8) is 0 Å². The first-order valence-corrected chi connectivity index (χ1v) is 7.06. The van der Waals surface area contributed by atoms with Gasteiger partial charge in [0.15, 0.2) is 5.69 Å². The molecule has 0 unspecified atom stereocenters. The smallest absolute Gasteiger partial charge is 0.355 e. The van der Waals surface area contributed by atoms with Gasteiger partial charge in [-0.25, -0.2) is 14.2 Å². The molecule has 0 fully saturated rings. The van der Waals surface area contributed by atoms with Gasteiger partial charge in [-0.2, -0.15) is 0 Å². The van der Waals surface area contributed by atoms with Crippen LogP contribution < -0.4 is 5.32 Å². The zero-order valence-electron chi connectivity index (χ0n) is 9.89. The summed E-state index contributed by atoms with van der Waals surface area (Å²) in [5.41, 5.74) is 0.103. The molecular weight excluding hydrogens is 351 g/mol. The molecule has 20 heavy (non-hydrogen) atoms. The summed E-state index contributed by atoms with van der Waals surface area (Å²) in [6, 6.07) is 4.15. The number of rotatable bonds is 4. The minimum Gasteiger partial charge on any atom is -0.476 e. The Morgan fingerprint density at radius 2 is 2.20 bits per heavy atom. The molecule has 1 amide bonds. The topological polar surface area (TPSA) is 79.3 Å². The van der Waals surface area contributed by atoms with Crippen molar-refractivity contribution in [2.45, 2.75) is 6.54 Å². The molecule has 1 aromatic heterocycles. The summed E-state index contributed by atoms with van der Waals surface area (Å²) in [6.07, 6.45) is 0. The summed E-state index contributed by atoms with van der Waals surface area (Å²) < 4.78 is 13.4. The van der Waals surface area contributed by atoms with Crippen LogP contribution in [-0.2, 0) is 6.54 Å². The Kier molecular flexibility index (Phi) is 4.46. The van der Waals surface area contributed by atoms with E-state index in [9.17, 15) is 14.0 Å². The Bertz CT molecular complexity index is 674. The lowest BCUT2D eigenvalue weighted by atomic mass is 10.2. The van der Waals surface area contributed by atoms with E-state index < -0.39 is 17.7 Å². The average molecular weight is 359 g/mol. The number of carbonyl (C=O) groups excluding carboxylic acids is 1. The molecule has 104 valence electrons. The van der Waals surface area contributed by atoms with E-state index >= 15 is 0 Å². The van der Waals surface area contributed by atoms with Crippen molar-refractivity contribution in [2.24, 2.45) is 0 Å². The molecule has 5 nitrogen and oxygen atoms in total. The molecule has 0 saturated heterocycles. The minimum atomic E-state index is -1.12. The molecule has 8 heteroatoms. The highest BCUT2D eigenvalue weighted by atomic mass is 79.9. The van der Waals surface area contributed by atoms with E-state index in [1.54, 1.807) is 0 Å². The maximum Gasteiger partial charge on any atom is 0.355 e. The number of hydrogen-bond acceptors (Lipinski definition) is 4. The van der Waals surface area contributed by atoms with Gasteiger partial charge in [0.25, 0.3) is 5.91 Å². The van der Waals surface area contributed by atoms with Crippen molar-refractivity contribution in [3.8, 4) is 0 Å². The van der Waals surface area contributed by atoms with Gasteiger partial charge < -0.3 is 10.4 Å². The van der Waals surface area contributed by atoms with Gasteiger partial charge in [-0.3, -0.25) is 4.79 Å². The first-order chi connectivity index (χ1) is 9.49. The first-order valence-electron chi connectivity index (χ1n) is 5.39. The van der Waals surface area contributed by atoms with Crippen molar-refractivity contribution in [1.29, 1.82) is 0 Å². The Hall–Kier alpha value is -1.80. The molecule has 0 spiro atoms. The molecule has 0 radical (unpaired) electrons. The van der Waals surface area contributed by atoms with E-state index in [1.807, 2.05) is 0 Å². The number of hydrogen-bond donors (Lipinski definition) is 2. The summed E-state index contributed by atoms with van der Waals surface area (Å²) in [4.78, 5) is 26.4. The van der Waals surface area contributed by atoms with Gasteiger partial charge in [0.2, 0.25) is 0 Å². The van der Waals surface area contributed by atoms with Crippen molar-refractivity contribution in [3.05, 3.63) is 50.1 Å². The van der Waals surface area contributed by atoms with E-state index in [1.165, 1.54) is 23.6 Å². The van der Waals surface area contributed by atoms with Gasteiger partial charge in [-0.1, -0.05) is 6.07 Å². The van der Waals surface area contributed by atoms with E-state index in [-0.39, 0.29) is 22.3 Å². The second kappa shape index (κ2) is 6.10. The zero-order chi connectivity index (χ0) is 14.7. The highest BCUT2D eigenvalue weighted by Crippen LogP contribution is 2.20. The van der Waals surface area contributed by atoms with Crippen LogP contribution in [0.15, 0.2) is 28.1 Å². The van der Waals surface area contributed by atoms with E-state index in [4.69, 9.17) is 5.11 Å². The lowest BCUT2D eigenvalue weighted by Crippen LogP contribution is -2.23. The number of carbonyl (C=O) groups is 2. The number of carboxylic acid groups (broad SMARTS) is 1. The molecule has 1 heterocycles. The van der Waals surface area contributed by atoms with Crippen LogP contribution in [0.25, 0.3) is 0 Å². The first kappa shape index (κ1) is 14.6. The molecule has 0 bridgehead atoms. The van der Waals surface area contributed by atoms with Crippen LogP contribution in [0.3, 0.4) is 0 Å². The normalized spacial score (nSPS) is 10.3. The van der Waals surface area contributed by atoms with Gasteiger partial charge in [-0.05, 0) is 28.1 Å². The SMILES string of the molecule is O=C(O)c1csc(CNC(=O)c2cccc(F)c2Br)n1. The fourth-order valence-electron chi connectivity index (χ4n) is 1.42. The number of nitrogens with one attached hydrogen (secondary N) is 1. The fraction of sp³-hybridized carbons (Fsp3) is 0.0833. The Morgan fingerprint density at radius 3 is 2.85 bits per heavy atom. The molecule has 2 aromatic rings. The number of aromatic carboxylic acids is 1. The molecule has 0 aliphatic rings. The standard InChI is InChI=1S/C12H8BrFN2O3S/c13-10-6(2-1-3-7(10)14)11(17)15-4-9-16-8(5-20-9)12(18)19/h1-3,5H,4H2,(H,15,17)(H,18,19). The van der Waals surface area contributed by atoms with Crippen molar-refractivity contribution < 1.29 is 19.1 Å². The second-order valence-electron chi connectivity index (χ2n) is 3.72. The quantitative estimate of drug-likeness (QED) is 0.880. The average Bonchev–Trinajstić information content (AvgIpc) is 2.88. The van der Waals surface area contributed by atoms with Crippen molar-refractivity contribution in [2.75, 3.05) is 0 Å². The van der Waals surface area contributed by atoms with Gasteiger partial charge >= 0.3 is 5.97 Å². The third-order valence-electron chi connectivity index (χ3n) is 2.37. The fourth-order valence-corrected chi connectivity index (χ4v) is 2.57. The minimum absolute atomic E-state index is 0.0637. The van der Waals surface area contributed by atoms with Crippen LogP contribution in [-0.4, -0.2) is 22.0 Å². The Morgan fingerprint density at radius 1 is 1.45 bits per heavy atom. The van der Waals surface area contributed by atoms with Crippen LogP contribution in [0.5, 0.6) is 0 Å². The van der Waals surface area contributed by atoms with Gasteiger partial charge in [-0.15, -0.1) is 11.3 Å². The maximum absolute atomic E-state index is 13.3. The number of carboxylic acids is 1. The molecule has 0 saturated carbocycles. The molecule has 2 rings (SSSR count). The number of thiazole rings is 1. The summed E-state index contributed by atoms with van der Waals surface area (Å²) in [5.74, 6) is -2.12. The van der Waals surface area contributed by atoms with Crippen molar-refractivity contribution >= 4 is 39.1 Å². The third-order valence-corrected chi connectivity index (χ3v) is 4.02. The molecule has 1 aromatic carbocycles. The van der Waals surface area contributed by atoms with Crippen LogP contribution in [0.2, 0.25) is 0 Å². The maximum atomic E-state index is 13.3. The highest BCUT2D eigenvalue weighted by molar-refractivity contribution is 9.10.